The molecule has 7 heteroatoms. The molecule has 0 unspecified atom stereocenters. The molecule has 1 aromatic carbocycles. The zero-order valence-electron chi connectivity index (χ0n) is 13.7. The minimum atomic E-state index is -0.440. The summed E-state index contributed by atoms with van der Waals surface area (Å²) in [5, 5.41) is 5.35. The van der Waals surface area contributed by atoms with Crippen molar-refractivity contribution in [1.29, 1.82) is 0 Å². The normalized spacial score (nSPS) is 17.1. The third-order valence-corrected chi connectivity index (χ3v) is 5.25. The number of carbonyl (C=O) groups excluding carboxylic acids is 2. The van der Waals surface area contributed by atoms with Crippen LogP contribution in [0.4, 0.5) is 0 Å². The van der Waals surface area contributed by atoms with Crippen molar-refractivity contribution in [3.05, 3.63) is 51.2 Å². The van der Waals surface area contributed by atoms with E-state index in [-0.39, 0.29) is 25.2 Å². The van der Waals surface area contributed by atoms with Crippen molar-refractivity contribution in [1.82, 2.24) is 5.32 Å². The topological polar surface area (TPSA) is 64.6 Å². The lowest BCUT2D eigenvalue weighted by atomic mass is 9.97. The van der Waals surface area contributed by atoms with Gasteiger partial charge in [-0.2, -0.15) is 0 Å². The summed E-state index contributed by atoms with van der Waals surface area (Å²) < 4.78 is 10.7. The fourth-order valence-corrected chi connectivity index (χ4v) is 3.59. The SMILES string of the molecule is C[C@H](NC(=O)COC(=O)[C@H]1COc2ccc(Cl)cc2C1)c1cccs1. The number of thiophene rings is 1. The molecule has 0 radical (unpaired) electrons. The molecule has 1 aromatic heterocycles. The minimum absolute atomic E-state index is 0.113. The van der Waals surface area contributed by atoms with Gasteiger partial charge in [0, 0.05) is 9.90 Å². The Morgan fingerprint density at radius 3 is 3.04 bits per heavy atom. The van der Waals surface area contributed by atoms with Crippen molar-refractivity contribution in [2.45, 2.75) is 19.4 Å². The van der Waals surface area contributed by atoms with Gasteiger partial charge in [0.1, 0.15) is 12.4 Å². The van der Waals surface area contributed by atoms with Crippen molar-refractivity contribution in [3.8, 4) is 5.75 Å². The molecule has 5 nitrogen and oxygen atoms in total. The zero-order valence-corrected chi connectivity index (χ0v) is 15.2. The number of ether oxygens (including phenoxy) is 2. The second-order valence-corrected chi connectivity index (χ2v) is 7.29. The van der Waals surface area contributed by atoms with Gasteiger partial charge in [-0.25, -0.2) is 0 Å². The highest BCUT2D eigenvalue weighted by Crippen LogP contribution is 2.30. The Morgan fingerprint density at radius 1 is 1.44 bits per heavy atom. The average Bonchev–Trinajstić information content (AvgIpc) is 3.13. The van der Waals surface area contributed by atoms with E-state index in [1.165, 1.54) is 0 Å². The Bertz CT molecular complexity index is 762. The average molecular weight is 380 g/mol. The van der Waals surface area contributed by atoms with Gasteiger partial charge in [-0.15, -0.1) is 11.3 Å². The van der Waals surface area contributed by atoms with E-state index in [4.69, 9.17) is 21.1 Å². The van der Waals surface area contributed by atoms with Crippen LogP contribution >= 0.6 is 22.9 Å². The summed E-state index contributed by atoms with van der Waals surface area (Å²) in [6.07, 6.45) is 0.488. The van der Waals surface area contributed by atoms with Gasteiger partial charge < -0.3 is 14.8 Å². The lowest BCUT2D eigenvalue weighted by Crippen LogP contribution is -2.34. The molecule has 1 aliphatic heterocycles. The van der Waals surface area contributed by atoms with Crippen molar-refractivity contribution >= 4 is 34.8 Å². The predicted molar refractivity (Wildman–Crippen MR) is 96.0 cm³/mol. The molecule has 2 atom stereocenters. The third kappa shape index (κ3) is 4.52. The smallest absolute Gasteiger partial charge is 0.313 e. The van der Waals surface area contributed by atoms with Crippen LogP contribution in [0.3, 0.4) is 0 Å². The predicted octanol–water partition coefficient (Wildman–Crippen LogP) is 3.37. The van der Waals surface area contributed by atoms with Crippen LogP contribution in [0, 0.1) is 5.92 Å². The fraction of sp³-hybridized carbons (Fsp3) is 0.333. The van der Waals surface area contributed by atoms with Crippen LogP contribution in [0.25, 0.3) is 0 Å². The summed E-state index contributed by atoms with van der Waals surface area (Å²) in [6.45, 7) is 1.83. The first-order valence-electron chi connectivity index (χ1n) is 7.93. The highest BCUT2D eigenvalue weighted by atomic mass is 35.5. The monoisotopic (exact) mass is 379 g/mol. The second-order valence-electron chi connectivity index (χ2n) is 5.88. The molecule has 2 aromatic rings. The van der Waals surface area contributed by atoms with Crippen LogP contribution in [-0.4, -0.2) is 25.1 Å². The van der Waals surface area contributed by atoms with E-state index >= 15 is 0 Å². The van der Waals surface area contributed by atoms with Crippen molar-refractivity contribution < 1.29 is 19.1 Å². The molecule has 0 bridgehead atoms. The number of hydrogen-bond donors (Lipinski definition) is 1. The quantitative estimate of drug-likeness (QED) is 0.809. The van der Waals surface area contributed by atoms with Crippen LogP contribution in [0.5, 0.6) is 5.75 Å². The number of hydrogen-bond acceptors (Lipinski definition) is 5. The van der Waals surface area contributed by atoms with E-state index in [1.807, 2.05) is 24.4 Å². The molecular formula is C18H18ClNO4S. The standard InChI is InChI=1S/C18H18ClNO4S/c1-11(16-3-2-6-25-16)20-17(21)10-24-18(22)13-7-12-8-14(19)4-5-15(12)23-9-13/h2-6,8,11,13H,7,9-10H2,1H3,(H,20,21)/t11-,13+/m0/s1. The van der Waals surface area contributed by atoms with E-state index in [0.29, 0.717) is 11.4 Å². The maximum absolute atomic E-state index is 12.2. The summed E-state index contributed by atoms with van der Waals surface area (Å²) >= 11 is 7.54. The van der Waals surface area contributed by atoms with E-state index in [1.54, 1.807) is 29.5 Å². The van der Waals surface area contributed by atoms with Crippen LogP contribution in [0.15, 0.2) is 35.7 Å². The van der Waals surface area contributed by atoms with Crippen LogP contribution < -0.4 is 10.1 Å². The molecule has 1 amide bonds. The van der Waals surface area contributed by atoms with Gasteiger partial charge in [-0.05, 0) is 48.6 Å². The van der Waals surface area contributed by atoms with Gasteiger partial charge in [-0.3, -0.25) is 9.59 Å². The first-order chi connectivity index (χ1) is 12.0. The molecule has 25 heavy (non-hydrogen) atoms. The van der Waals surface area contributed by atoms with Crippen molar-refractivity contribution in [2.24, 2.45) is 5.92 Å². The highest BCUT2D eigenvalue weighted by molar-refractivity contribution is 7.10. The molecular weight excluding hydrogens is 362 g/mol. The molecule has 3 rings (SSSR count). The lowest BCUT2D eigenvalue weighted by molar-refractivity contribution is -0.154. The molecule has 0 spiro atoms. The maximum atomic E-state index is 12.2. The Balaban J connectivity index is 1.49. The summed E-state index contributed by atoms with van der Waals surface area (Å²) in [5.74, 6) is -0.469. The molecule has 132 valence electrons. The number of amides is 1. The van der Waals surface area contributed by atoms with Gasteiger partial charge in [0.05, 0.1) is 12.0 Å². The first-order valence-corrected chi connectivity index (χ1v) is 9.19. The number of benzene rings is 1. The van der Waals surface area contributed by atoms with E-state index < -0.39 is 11.9 Å². The summed E-state index contributed by atoms with van der Waals surface area (Å²) in [6, 6.07) is 9.08. The fourth-order valence-electron chi connectivity index (χ4n) is 2.66. The van der Waals surface area contributed by atoms with Crippen LogP contribution in [0.2, 0.25) is 5.02 Å². The Hall–Kier alpha value is -2.05. The Kier molecular flexibility index (Phi) is 5.60. The summed E-state index contributed by atoms with van der Waals surface area (Å²) in [5.41, 5.74) is 0.872. The molecule has 0 fully saturated rings. The minimum Gasteiger partial charge on any atom is -0.492 e. The zero-order chi connectivity index (χ0) is 17.8. The van der Waals surface area contributed by atoms with E-state index in [0.717, 1.165) is 16.2 Å². The van der Waals surface area contributed by atoms with Gasteiger partial charge in [0.25, 0.3) is 5.91 Å². The van der Waals surface area contributed by atoms with Crippen LogP contribution in [0.1, 0.15) is 23.4 Å². The number of nitrogens with one attached hydrogen (secondary N) is 1. The first kappa shape index (κ1) is 17.8. The van der Waals surface area contributed by atoms with Gasteiger partial charge >= 0.3 is 5.97 Å². The summed E-state index contributed by atoms with van der Waals surface area (Å²) in [4.78, 5) is 25.2. The number of rotatable bonds is 5. The number of esters is 1. The highest BCUT2D eigenvalue weighted by Gasteiger charge is 2.28. The van der Waals surface area contributed by atoms with E-state index in [9.17, 15) is 9.59 Å². The van der Waals surface area contributed by atoms with E-state index in [2.05, 4.69) is 5.32 Å². The Morgan fingerprint density at radius 2 is 2.28 bits per heavy atom. The molecule has 1 aliphatic rings. The van der Waals surface area contributed by atoms with Gasteiger partial charge in [0.15, 0.2) is 6.61 Å². The molecule has 0 aliphatic carbocycles. The van der Waals surface area contributed by atoms with Crippen molar-refractivity contribution in [2.75, 3.05) is 13.2 Å². The van der Waals surface area contributed by atoms with Crippen LogP contribution in [-0.2, 0) is 20.7 Å². The van der Waals surface area contributed by atoms with Crippen molar-refractivity contribution in [3.63, 3.8) is 0 Å². The molecule has 2 heterocycles. The molecule has 1 N–H and O–H groups in total. The number of fused-ring (bicyclic) bond motifs is 1. The lowest BCUT2D eigenvalue weighted by Gasteiger charge is -2.24. The van der Waals surface area contributed by atoms with Gasteiger partial charge in [0.2, 0.25) is 0 Å². The second kappa shape index (κ2) is 7.89. The van der Waals surface area contributed by atoms with Gasteiger partial charge in [-0.1, -0.05) is 17.7 Å². The molecule has 0 saturated carbocycles. The maximum Gasteiger partial charge on any atom is 0.313 e. The number of carbonyl (C=O) groups is 2. The summed E-state index contributed by atoms with van der Waals surface area (Å²) in [7, 11) is 0. The largest absolute Gasteiger partial charge is 0.492 e. The molecule has 0 saturated heterocycles. The number of halogens is 1. The third-order valence-electron chi connectivity index (χ3n) is 3.96. The Labute approximate surface area is 154 Å².